The number of thiophene rings is 1. The molecule has 28 heavy (non-hydrogen) atoms. The van der Waals surface area contributed by atoms with Crippen molar-refractivity contribution in [2.75, 3.05) is 39.3 Å². The molecule has 0 radical (unpaired) electrons. The summed E-state index contributed by atoms with van der Waals surface area (Å²) in [6.45, 7) is 7.94. The van der Waals surface area contributed by atoms with E-state index in [9.17, 15) is 0 Å². The summed E-state index contributed by atoms with van der Waals surface area (Å²) in [5, 5.41) is 10.6. The van der Waals surface area contributed by atoms with Crippen molar-refractivity contribution in [1.82, 2.24) is 24.9 Å². The van der Waals surface area contributed by atoms with E-state index in [0.29, 0.717) is 6.04 Å². The molecule has 1 aromatic carbocycles. The molecule has 5 nitrogen and oxygen atoms in total. The summed E-state index contributed by atoms with van der Waals surface area (Å²) < 4.78 is 2.04. The molecule has 3 aromatic rings. The van der Waals surface area contributed by atoms with Crippen LogP contribution in [0.4, 0.5) is 0 Å². The van der Waals surface area contributed by atoms with Crippen molar-refractivity contribution in [3.63, 3.8) is 0 Å². The lowest BCUT2D eigenvalue weighted by molar-refractivity contribution is 0.170. The van der Waals surface area contributed by atoms with Crippen molar-refractivity contribution < 1.29 is 0 Å². The Kier molecular flexibility index (Phi) is 5.27. The monoisotopic (exact) mass is 393 g/mol. The van der Waals surface area contributed by atoms with Gasteiger partial charge in [-0.05, 0) is 30.0 Å². The van der Waals surface area contributed by atoms with Gasteiger partial charge in [-0.3, -0.25) is 9.80 Å². The number of likely N-dealkylation sites (tertiary alicyclic amines) is 1. The van der Waals surface area contributed by atoms with E-state index >= 15 is 0 Å². The maximum absolute atomic E-state index is 4.96. The molecule has 146 valence electrons. The SMILES string of the molecule is c1ccc(-n2cc(CN3CCC(N4CCNCC4)C3)c(-c3cccs3)n2)cc1. The molecule has 0 saturated carbocycles. The zero-order chi connectivity index (χ0) is 18.8. The summed E-state index contributed by atoms with van der Waals surface area (Å²) in [6.07, 6.45) is 3.50. The molecule has 6 heteroatoms. The first kappa shape index (κ1) is 18.1. The largest absolute Gasteiger partial charge is 0.314 e. The molecule has 0 spiro atoms. The molecule has 2 saturated heterocycles. The molecule has 2 aliphatic rings. The van der Waals surface area contributed by atoms with Gasteiger partial charge in [-0.1, -0.05) is 24.3 Å². The van der Waals surface area contributed by atoms with E-state index < -0.39 is 0 Å². The Morgan fingerprint density at radius 1 is 1.04 bits per heavy atom. The molecular formula is C22H27N5S. The highest BCUT2D eigenvalue weighted by Gasteiger charge is 2.29. The van der Waals surface area contributed by atoms with E-state index in [-0.39, 0.29) is 0 Å². The minimum absolute atomic E-state index is 0.705. The summed E-state index contributed by atoms with van der Waals surface area (Å²) in [5.41, 5.74) is 3.57. The smallest absolute Gasteiger partial charge is 0.107 e. The maximum atomic E-state index is 4.96. The van der Waals surface area contributed by atoms with Crippen molar-refractivity contribution in [1.29, 1.82) is 0 Å². The second kappa shape index (κ2) is 8.17. The van der Waals surface area contributed by atoms with E-state index in [1.165, 1.54) is 43.0 Å². The summed E-state index contributed by atoms with van der Waals surface area (Å²) in [4.78, 5) is 6.53. The molecule has 1 atom stereocenters. The Balaban J connectivity index is 1.36. The minimum atomic E-state index is 0.705. The fourth-order valence-electron chi connectivity index (χ4n) is 4.40. The third kappa shape index (κ3) is 3.78. The number of nitrogens with one attached hydrogen (secondary N) is 1. The Morgan fingerprint density at radius 3 is 2.68 bits per heavy atom. The molecule has 1 N–H and O–H groups in total. The van der Waals surface area contributed by atoms with Crippen LogP contribution in [-0.2, 0) is 6.54 Å². The Bertz CT molecular complexity index is 883. The van der Waals surface area contributed by atoms with Gasteiger partial charge in [0.15, 0.2) is 0 Å². The van der Waals surface area contributed by atoms with Crippen LogP contribution in [0, 0.1) is 0 Å². The summed E-state index contributed by atoms with van der Waals surface area (Å²) in [7, 11) is 0. The fraction of sp³-hybridized carbons (Fsp3) is 0.409. The van der Waals surface area contributed by atoms with Crippen molar-refractivity contribution in [2.24, 2.45) is 0 Å². The first-order chi connectivity index (χ1) is 13.9. The zero-order valence-electron chi connectivity index (χ0n) is 16.1. The summed E-state index contributed by atoms with van der Waals surface area (Å²) in [6, 6.07) is 15.4. The van der Waals surface area contributed by atoms with Crippen LogP contribution in [0.25, 0.3) is 16.3 Å². The van der Waals surface area contributed by atoms with Crippen LogP contribution in [0.2, 0.25) is 0 Å². The molecule has 2 aliphatic heterocycles. The maximum Gasteiger partial charge on any atom is 0.107 e. The lowest BCUT2D eigenvalue weighted by Crippen LogP contribution is -2.49. The highest BCUT2D eigenvalue weighted by Crippen LogP contribution is 2.29. The van der Waals surface area contributed by atoms with Gasteiger partial charge in [-0.25, -0.2) is 4.68 Å². The van der Waals surface area contributed by atoms with Gasteiger partial charge in [0.25, 0.3) is 0 Å². The highest BCUT2D eigenvalue weighted by molar-refractivity contribution is 7.13. The molecular weight excluding hydrogens is 366 g/mol. The molecule has 5 rings (SSSR count). The highest BCUT2D eigenvalue weighted by atomic mass is 32.1. The normalized spacial score (nSPS) is 21.4. The predicted octanol–water partition coefficient (Wildman–Crippen LogP) is 3.08. The van der Waals surface area contributed by atoms with E-state index in [2.05, 4.69) is 69.2 Å². The van der Waals surface area contributed by atoms with E-state index in [1.807, 2.05) is 4.68 Å². The number of benzene rings is 1. The summed E-state index contributed by atoms with van der Waals surface area (Å²) in [5.74, 6) is 0. The quantitative estimate of drug-likeness (QED) is 0.723. The van der Waals surface area contributed by atoms with Crippen LogP contribution < -0.4 is 5.32 Å². The lowest BCUT2D eigenvalue weighted by Gasteiger charge is -2.32. The number of para-hydroxylation sites is 1. The van der Waals surface area contributed by atoms with Gasteiger partial charge < -0.3 is 5.32 Å². The number of piperazine rings is 1. The standard InChI is InChI=1S/C22H27N5S/c1-2-5-19(6-3-1)27-16-18(22(24-27)21-7-4-14-28-21)15-25-11-8-20(17-25)26-12-9-23-10-13-26/h1-7,14,16,20,23H,8-13,15,17H2. The van der Waals surface area contributed by atoms with Crippen molar-refractivity contribution in [3.8, 4) is 16.3 Å². The number of hydrogen-bond donors (Lipinski definition) is 1. The fourth-order valence-corrected chi connectivity index (χ4v) is 5.15. The third-order valence-corrected chi connectivity index (χ3v) is 6.75. The Hall–Kier alpha value is -1.99. The van der Waals surface area contributed by atoms with Crippen LogP contribution in [0.1, 0.15) is 12.0 Å². The topological polar surface area (TPSA) is 36.3 Å². The van der Waals surface area contributed by atoms with Gasteiger partial charge in [-0.2, -0.15) is 5.10 Å². The van der Waals surface area contributed by atoms with Crippen molar-refractivity contribution in [2.45, 2.75) is 19.0 Å². The third-order valence-electron chi connectivity index (χ3n) is 5.87. The van der Waals surface area contributed by atoms with Crippen molar-refractivity contribution in [3.05, 3.63) is 59.6 Å². The van der Waals surface area contributed by atoms with Gasteiger partial charge in [0.05, 0.1) is 10.6 Å². The Labute approximate surface area is 170 Å². The van der Waals surface area contributed by atoms with Gasteiger partial charge in [0.2, 0.25) is 0 Å². The van der Waals surface area contributed by atoms with Gasteiger partial charge in [-0.15, -0.1) is 11.3 Å². The summed E-state index contributed by atoms with van der Waals surface area (Å²) >= 11 is 1.77. The van der Waals surface area contributed by atoms with E-state index in [4.69, 9.17) is 5.10 Å². The van der Waals surface area contributed by atoms with Crippen LogP contribution >= 0.6 is 11.3 Å². The van der Waals surface area contributed by atoms with Gasteiger partial charge in [0.1, 0.15) is 5.69 Å². The van der Waals surface area contributed by atoms with Crippen LogP contribution in [-0.4, -0.2) is 64.9 Å². The number of hydrogen-bond acceptors (Lipinski definition) is 5. The average Bonchev–Trinajstić information content (AvgIpc) is 3.51. The minimum Gasteiger partial charge on any atom is -0.314 e. The van der Waals surface area contributed by atoms with Gasteiger partial charge >= 0.3 is 0 Å². The predicted molar refractivity (Wildman–Crippen MR) is 115 cm³/mol. The molecule has 1 unspecified atom stereocenters. The second-order valence-corrected chi connectivity index (χ2v) is 8.67. The molecule has 2 fully saturated rings. The number of rotatable bonds is 5. The van der Waals surface area contributed by atoms with Gasteiger partial charge in [0, 0.05) is 63.6 Å². The molecule has 0 aliphatic carbocycles. The molecule has 4 heterocycles. The first-order valence-corrected chi connectivity index (χ1v) is 11.1. The molecule has 0 bridgehead atoms. The van der Waals surface area contributed by atoms with Crippen LogP contribution in [0.3, 0.4) is 0 Å². The van der Waals surface area contributed by atoms with E-state index in [0.717, 1.165) is 31.0 Å². The zero-order valence-corrected chi connectivity index (χ0v) is 16.9. The molecule has 0 amide bonds. The second-order valence-electron chi connectivity index (χ2n) is 7.72. The molecule has 2 aromatic heterocycles. The van der Waals surface area contributed by atoms with Crippen LogP contribution in [0.5, 0.6) is 0 Å². The van der Waals surface area contributed by atoms with Crippen molar-refractivity contribution >= 4 is 11.3 Å². The number of nitrogens with zero attached hydrogens (tertiary/aromatic N) is 4. The lowest BCUT2D eigenvalue weighted by atomic mass is 10.2. The average molecular weight is 394 g/mol. The number of aromatic nitrogens is 2. The van der Waals surface area contributed by atoms with Crippen LogP contribution in [0.15, 0.2) is 54.0 Å². The first-order valence-electron chi connectivity index (χ1n) is 10.2. The van der Waals surface area contributed by atoms with E-state index in [1.54, 1.807) is 11.3 Å². The Morgan fingerprint density at radius 2 is 1.89 bits per heavy atom.